The number of imidazole rings is 1. The number of nitrogens with zero attached hydrogens (tertiary/aromatic N) is 2. The SMILES string of the molecule is CCn1c(=O)n(CCC(=O)Nc2ccc(Cl)cc2NC(=O)c2ccco2)c2ccccc21. The molecule has 4 aromatic rings. The van der Waals surface area contributed by atoms with E-state index in [0.29, 0.717) is 22.9 Å². The predicted molar refractivity (Wildman–Crippen MR) is 123 cm³/mol. The monoisotopic (exact) mass is 452 g/mol. The Bertz CT molecular complexity index is 1340. The minimum Gasteiger partial charge on any atom is -0.459 e. The molecule has 0 aliphatic rings. The van der Waals surface area contributed by atoms with Crippen LogP contribution in [0.25, 0.3) is 11.0 Å². The first-order chi connectivity index (χ1) is 15.5. The summed E-state index contributed by atoms with van der Waals surface area (Å²) in [5.41, 5.74) is 2.19. The summed E-state index contributed by atoms with van der Waals surface area (Å²) in [6, 6.07) is 15.4. The molecule has 0 fully saturated rings. The second kappa shape index (κ2) is 9.15. The summed E-state index contributed by atoms with van der Waals surface area (Å²) < 4.78 is 8.37. The Labute approximate surface area is 188 Å². The van der Waals surface area contributed by atoms with Gasteiger partial charge in [-0.2, -0.15) is 0 Å². The average molecular weight is 453 g/mol. The lowest BCUT2D eigenvalue weighted by Gasteiger charge is -2.12. The number of benzene rings is 2. The number of rotatable bonds is 7. The van der Waals surface area contributed by atoms with E-state index in [4.69, 9.17) is 16.0 Å². The van der Waals surface area contributed by atoms with Crippen molar-refractivity contribution in [3.05, 3.63) is 82.1 Å². The maximum absolute atomic E-state index is 12.7. The number of carbonyl (C=O) groups is 2. The van der Waals surface area contributed by atoms with E-state index in [9.17, 15) is 14.4 Å². The molecule has 32 heavy (non-hydrogen) atoms. The Balaban J connectivity index is 1.50. The van der Waals surface area contributed by atoms with E-state index < -0.39 is 5.91 Å². The molecule has 2 amide bonds. The number of aryl methyl sites for hydroxylation is 2. The minimum absolute atomic E-state index is 0.0752. The van der Waals surface area contributed by atoms with Crippen LogP contribution in [0, 0.1) is 0 Å². The first-order valence-electron chi connectivity index (χ1n) is 10.1. The van der Waals surface area contributed by atoms with Crippen LogP contribution < -0.4 is 16.3 Å². The molecule has 0 saturated heterocycles. The molecule has 4 rings (SSSR count). The average Bonchev–Trinajstić information content (AvgIpc) is 3.40. The standard InChI is InChI=1S/C23H21ClN4O4/c1-2-27-18-6-3-4-7-19(18)28(23(27)31)12-11-21(29)25-16-10-9-15(24)14-17(16)26-22(30)20-8-5-13-32-20/h3-10,13-14H,2,11-12H2,1H3,(H,25,29)(H,26,30). The molecular weight excluding hydrogens is 432 g/mol. The lowest BCUT2D eigenvalue weighted by molar-refractivity contribution is -0.116. The van der Waals surface area contributed by atoms with Crippen molar-refractivity contribution in [1.82, 2.24) is 9.13 Å². The summed E-state index contributed by atoms with van der Waals surface area (Å²) in [5, 5.41) is 5.87. The molecule has 0 aliphatic heterocycles. The predicted octanol–water partition coefficient (Wildman–Crippen LogP) is 4.35. The number of hydrogen-bond acceptors (Lipinski definition) is 4. The van der Waals surface area contributed by atoms with Crippen molar-refractivity contribution in [2.45, 2.75) is 26.4 Å². The molecule has 0 aliphatic carbocycles. The second-order valence-electron chi connectivity index (χ2n) is 7.09. The van der Waals surface area contributed by atoms with Gasteiger partial charge in [-0.1, -0.05) is 23.7 Å². The molecular formula is C23H21ClN4O4. The fourth-order valence-corrected chi connectivity index (χ4v) is 3.71. The number of amides is 2. The number of carbonyl (C=O) groups excluding carboxylic acids is 2. The largest absolute Gasteiger partial charge is 0.459 e. The molecule has 2 aromatic heterocycles. The summed E-state index contributed by atoms with van der Waals surface area (Å²) >= 11 is 6.06. The minimum atomic E-state index is -0.466. The van der Waals surface area contributed by atoms with E-state index in [2.05, 4.69) is 10.6 Å². The molecule has 2 heterocycles. The van der Waals surface area contributed by atoms with E-state index in [-0.39, 0.29) is 30.3 Å². The molecule has 0 unspecified atom stereocenters. The molecule has 8 nitrogen and oxygen atoms in total. The Morgan fingerprint density at radius 3 is 2.41 bits per heavy atom. The number of fused-ring (bicyclic) bond motifs is 1. The van der Waals surface area contributed by atoms with Gasteiger partial charge in [0.25, 0.3) is 5.91 Å². The van der Waals surface area contributed by atoms with Crippen LogP contribution in [0.1, 0.15) is 23.9 Å². The zero-order chi connectivity index (χ0) is 22.7. The molecule has 2 aromatic carbocycles. The smallest absolute Gasteiger partial charge is 0.329 e. The van der Waals surface area contributed by atoms with Gasteiger partial charge < -0.3 is 15.1 Å². The van der Waals surface area contributed by atoms with Crippen molar-refractivity contribution < 1.29 is 14.0 Å². The van der Waals surface area contributed by atoms with Crippen LogP contribution in [0.15, 0.2) is 70.1 Å². The molecule has 0 bridgehead atoms. The fraction of sp³-hybridized carbons (Fsp3) is 0.174. The van der Waals surface area contributed by atoms with Crippen LogP contribution in [-0.2, 0) is 17.9 Å². The molecule has 0 spiro atoms. The lowest BCUT2D eigenvalue weighted by Crippen LogP contribution is -2.26. The number of anilines is 2. The highest BCUT2D eigenvalue weighted by molar-refractivity contribution is 6.31. The Hall–Kier alpha value is -3.78. The van der Waals surface area contributed by atoms with Gasteiger partial charge in [-0.05, 0) is 49.4 Å². The summed E-state index contributed by atoms with van der Waals surface area (Å²) in [6.45, 7) is 2.67. The topological polar surface area (TPSA) is 98.3 Å². The van der Waals surface area contributed by atoms with Gasteiger partial charge in [0.15, 0.2) is 5.76 Å². The van der Waals surface area contributed by atoms with Gasteiger partial charge in [-0.15, -0.1) is 0 Å². The molecule has 164 valence electrons. The van der Waals surface area contributed by atoms with E-state index in [1.807, 2.05) is 31.2 Å². The van der Waals surface area contributed by atoms with Gasteiger partial charge in [0, 0.05) is 24.5 Å². The van der Waals surface area contributed by atoms with Crippen LogP contribution in [0.4, 0.5) is 11.4 Å². The van der Waals surface area contributed by atoms with E-state index in [0.717, 1.165) is 11.0 Å². The van der Waals surface area contributed by atoms with E-state index in [1.54, 1.807) is 27.3 Å². The molecule has 0 radical (unpaired) electrons. The second-order valence-corrected chi connectivity index (χ2v) is 7.52. The highest BCUT2D eigenvalue weighted by Gasteiger charge is 2.16. The van der Waals surface area contributed by atoms with Crippen LogP contribution in [-0.4, -0.2) is 20.9 Å². The van der Waals surface area contributed by atoms with E-state index >= 15 is 0 Å². The van der Waals surface area contributed by atoms with Crippen molar-refractivity contribution in [3.8, 4) is 0 Å². The highest BCUT2D eigenvalue weighted by Crippen LogP contribution is 2.27. The first-order valence-corrected chi connectivity index (χ1v) is 10.5. The number of nitrogens with one attached hydrogen (secondary N) is 2. The van der Waals surface area contributed by atoms with Crippen molar-refractivity contribution >= 4 is 45.8 Å². The van der Waals surface area contributed by atoms with Gasteiger partial charge >= 0.3 is 5.69 Å². The number of para-hydroxylation sites is 2. The maximum Gasteiger partial charge on any atom is 0.329 e. The third-order valence-corrected chi connectivity index (χ3v) is 5.29. The maximum atomic E-state index is 12.7. The van der Waals surface area contributed by atoms with Crippen molar-refractivity contribution in [2.75, 3.05) is 10.6 Å². The third kappa shape index (κ3) is 4.31. The van der Waals surface area contributed by atoms with Crippen molar-refractivity contribution in [2.24, 2.45) is 0 Å². The van der Waals surface area contributed by atoms with Crippen LogP contribution in [0.2, 0.25) is 5.02 Å². The number of furan rings is 1. The summed E-state index contributed by atoms with van der Waals surface area (Å²) in [5.74, 6) is -0.637. The van der Waals surface area contributed by atoms with E-state index in [1.165, 1.54) is 18.4 Å². The number of halogens is 1. The van der Waals surface area contributed by atoms with Gasteiger partial charge in [-0.3, -0.25) is 18.7 Å². The van der Waals surface area contributed by atoms with Crippen molar-refractivity contribution in [1.29, 1.82) is 0 Å². The summed E-state index contributed by atoms with van der Waals surface area (Å²) in [4.78, 5) is 37.7. The highest BCUT2D eigenvalue weighted by atomic mass is 35.5. The normalized spacial score (nSPS) is 10.9. The molecule has 0 atom stereocenters. The van der Waals surface area contributed by atoms with Gasteiger partial charge in [0.05, 0.1) is 28.7 Å². The quantitative estimate of drug-likeness (QED) is 0.435. The van der Waals surface area contributed by atoms with Gasteiger partial charge in [0.1, 0.15) is 0 Å². The Kier molecular flexibility index (Phi) is 6.13. The number of hydrogen-bond donors (Lipinski definition) is 2. The zero-order valence-corrected chi connectivity index (χ0v) is 18.1. The van der Waals surface area contributed by atoms with Gasteiger partial charge in [-0.25, -0.2) is 4.79 Å². The van der Waals surface area contributed by atoms with Crippen molar-refractivity contribution in [3.63, 3.8) is 0 Å². The summed E-state index contributed by atoms with van der Waals surface area (Å²) in [7, 11) is 0. The number of aromatic nitrogens is 2. The zero-order valence-electron chi connectivity index (χ0n) is 17.3. The van der Waals surface area contributed by atoms with Crippen LogP contribution >= 0.6 is 11.6 Å². The molecule has 0 saturated carbocycles. The van der Waals surface area contributed by atoms with Crippen LogP contribution in [0.5, 0.6) is 0 Å². The fourth-order valence-electron chi connectivity index (χ4n) is 3.54. The third-order valence-electron chi connectivity index (χ3n) is 5.05. The molecule has 2 N–H and O–H groups in total. The Morgan fingerprint density at radius 1 is 0.969 bits per heavy atom. The first kappa shape index (κ1) is 21.5. The van der Waals surface area contributed by atoms with Crippen LogP contribution in [0.3, 0.4) is 0 Å². The Morgan fingerprint density at radius 2 is 1.72 bits per heavy atom. The van der Waals surface area contributed by atoms with Gasteiger partial charge in [0.2, 0.25) is 5.91 Å². The lowest BCUT2D eigenvalue weighted by atomic mass is 10.2. The molecule has 9 heteroatoms. The summed E-state index contributed by atoms with van der Waals surface area (Å²) in [6.07, 6.45) is 1.47.